The first-order valence-electron chi connectivity index (χ1n) is 5.52. The molecular formula is C13H12ClN3O2. The summed E-state index contributed by atoms with van der Waals surface area (Å²) in [4.78, 5) is 21.5. The number of hydrogen-bond donors (Lipinski definition) is 0. The van der Waals surface area contributed by atoms with Crippen LogP contribution >= 0.6 is 11.6 Å². The molecule has 0 atom stereocenters. The van der Waals surface area contributed by atoms with Gasteiger partial charge in [0.2, 0.25) is 0 Å². The van der Waals surface area contributed by atoms with Crippen LogP contribution in [0.25, 0.3) is 0 Å². The van der Waals surface area contributed by atoms with Gasteiger partial charge in [0.1, 0.15) is 16.6 Å². The number of carbonyl (C=O) groups is 1. The normalized spacial score (nSPS) is 10.1. The topological polar surface area (TPSA) is 55.3 Å². The highest BCUT2D eigenvalue weighted by atomic mass is 35.5. The minimum Gasteiger partial charge on any atom is -0.495 e. The highest BCUT2D eigenvalue weighted by Crippen LogP contribution is 2.27. The molecule has 0 saturated carbocycles. The zero-order chi connectivity index (χ0) is 13.8. The van der Waals surface area contributed by atoms with Gasteiger partial charge < -0.3 is 9.64 Å². The monoisotopic (exact) mass is 277 g/mol. The maximum absolute atomic E-state index is 12.2. The van der Waals surface area contributed by atoms with E-state index in [1.807, 2.05) is 12.1 Å². The fraction of sp³-hybridized carbons (Fsp3) is 0.154. The number of methoxy groups -OCH3 is 1. The van der Waals surface area contributed by atoms with Crippen molar-refractivity contribution in [1.29, 1.82) is 0 Å². The summed E-state index contributed by atoms with van der Waals surface area (Å²) >= 11 is 5.64. The Morgan fingerprint density at radius 1 is 1.26 bits per heavy atom. The number of rotatable bonds is 3. The Morgan fingerprint density at radius 2 is 2.00 bits per heavy atom. The first-order valence-corrected chi connectivity index (χ1v) is 5.90. The standard InChI is InChI=1S/C13H12ClN3O2/c1-17(10-5-3-4-6-11(10)19-2)13(18)9-7-16-12(14)8-15-9/h3-8H,1-2H3. The third-order valence-electron chi connectivity index (χ3n) is 2.59. The zero-order valence-electron chi connectivity index (χ0n) is 10.5. The molecule has 6 heteroatoms. The molecular weight excluding hydrogens is 266 g/mol. The summed E-state index contributed by atoms with van der Waals surface area (Å²) in [6.45, 7) is 0. The molecule has 1 amide bonds. The number of anilines is 1. The van der Waals surface area contributed by atoms with E-state index in [0.717, 1.165) is 0 Å². The molecule has 1 aromatic carbocycles. The molecule has 5 nitrogen and oxygen atoms in total. The lowest BCUT2D eigenvalue weighted by Gasteiger charge is -2.19. The molecule has 0 radical (unpaired) electrons. The van der Waals surface area contributed by atoms with Crippen molar-refractivity contribution in [3.63, 3.8) is 0 Å². The lowest BCUT2D eigenvalue weighted by molar-refractivity contribution is 0.0987. The molecule has 0 aliphatic heterocycles. The predicted molar refractivity (Wildman–Crippen MR) is 72.8 cm³/mol. The molecule has 98 valence electrons. The number of carbonyl (C=O) groups excluding carboxylic acids is 1. The fourth-order valence-electron chi connectivity index (χ4n) is 1.61. The minimum atomic E-state index is -0.284. The summed E-state index contributed by atoms with van der Waals surface area (Å²) in [5, 5.41) is 0.247. The van der Waals surface area contributed by atoms with Crippen LogP contribution in [-0.2, 0) is 0 Å². The van der Waals surface area contributed by atoms with Crippen molar-refractivity contribution in [2.24, 2.45) is 0 Å². The van der Waals surface area contributed by atoms with Crippen LogP contribution in [0, 0.1) is 0 Å². The second kappa shape index (κ2) is 5.67. The van der Waals surface area contributed by atoms with Crippen molar-refractivity contribution in [1.82, 2.24) is 9.97 Å². The minimum absolute atomic E-state index is 0.220. The number of halogens is 1. The smallest absolute Gasteiger partial charge is 0.278 e. The molecule has 0 aliphatic rings. The van der Waals surface area contributed by atoms with Gasteiger partial charge in [0, 0.05) is 7.05 Å². The number of ether oxygens (including phenoxy) is 1. The molecule has 0 saturated heterocycles. The molecule has 1 aromatic heterocycles. The number of amides is 1. The Hall–Kier alpha value is -2.14. The quantitative estimate of drug-likeness (QED) is 0.864. The molecule has 0 aliphatic carbocycles. The van der Waals surface area contributed by atoms with E-state index in [0.29, 0.717) is 11.4 Å². The molecule has 0 bridgehead atoms. The van der Waals surface area contributed by atoms with Gasteiger partial charge in [0.05, 0.1) is 25.2 Å². The van der Waals surface area contributed by atoms with Crippen molar-refractivity contribution < 1.29 is 9.53 Å². The molecule has 1 heterocycles. The maximum atomic E-state index is 12.2. The van der Waals surface area contributed by atoms with Crippen LogP contribution < -0.4 is 9.64 Å². The van der Waals surface area contributed by atoms with Crippen LogP contribution in [0.15, 0.2) is 36.7 Å². The Kier molecular flexibility index (Phi) is 3.97. The highest BCUT2D eigenvalue weighted by molar-refractivity contribution is 6.29. The van der Waals surface area contributed by atoms with Crippen molar-refractivity contribution in [2.75, 3.05) is 19.1 Å². The fourth-order valence-corrected chi connectivity index (χ4v) is 1.71. The van der Waals surface area contributed by atoms with Gasteiger partial charge in [-0.15, -0.1) is 0 Å². The number of benzene rings is 1. The number of hydrogen-bond acceptors (Lipinski definition) is 4. The molecule has 19 heavy (non-hydrogen) atoms. The van der Waals surface area contributed by atoms with Crippen molar-refractivity contribution in [3.05, 3.63) is 47.5 Å². The lowest BCUT2D eigenvalue weighted by atomic mass is 10.2. The maximum Gasteiger partial charge on any atom is 0.278 e. The third kappa shape index (κ3) is 2.82. The van der Waals surface area contributed by atoms with Gasteiger partial charge in [0.15, 0.2) is 0 Å². The summed E-state index contributed by atoms with van der Waals surface area (Å²) in [6, 6.07) is 7.24. The van der Waals surface area contributed by atoms with Crippen molar-refractivity contribution >= 4 is 23.2 Å². The molecule has 0 unspecified atom stereocenters. The molecule has 0 N–H and O–H groups in total. The average Bonchev–Trinajstić information content (AvgIpc) is 2.46. The van der Waals surface area contributed by atoms with Crippen LogP contribution in [0.4, 0.5) is 5.69 Å². The Bertz CT molecular complexity index is 587. The van der Waals surface area contributed by atoms with E-state index < -0.39 is 0 Å². The van der Waals surface area contributed by atoms with Crippen LogP contribution in [0.2, 0.25) is 5.15 Å². The second-order valence-electron chi connectivity index (χ2n) is 3.76. The van der Waals surface area contributed by atoms with Crippen molar-refractivity contribution in [2.45, 2.75) is 0 Å². The molecule has 2 aromatic rings. The number of nitrogens with zero attached hydrogens (tertiary/aromatic N) is 3. The van der Waals surface area contributed by atoms with Gasteiger partial charge in [-0.2, -0.15) is 0 Å². The SMILES string of the molecule is COc1ccccc1N(C)C(=O)c1cnc(Cl)cn1. The number of aromatic nitrogens is 2. The largest absolute Gasteiger partial charge is 0.495 e. The van der Waals surface area contributed by atoms with E-state index in [1.54, 1.807) is 26.3 Å². The summed E-state index contributed by atoms with van der Waals surface area (Å²) in [5.41, 5.74) is 0.879. The highest BCUT2D eigenvalue weighted by Gasteiger charge is 2.18. The van der Waals surface area contributed by atoms with Gasteiger partial charge in [-0.3, -0.25) is 4.79 Å². The molecule has 0 spiro atoms. The van der Waals surface area contributed by atoms with E-state index in [2.05, 4.69) is 9.97 Å². The lowest BCUT2D eigenvalue weighted by Crippen LogP contribution is -2.27. The van der Waals surface area contributed by atoms with E-state index in [-0.39, 0.29) is 16.8 Å². The van der Waals surface area contributed by atoms with Crippen LogP contribution in [0.3, 0.4) is 0 Å². The van der Waals surface area contributed by atoms with Crippen LogP contribution in [-0.4, -0.2) is 30.0 Å². The van der Waals surface area contributed by atoms with Gasteiger partial charge in [-0.05, 0) is 12.1 Å². The van der Waals surface area contributed by atoms with Crippen molar-refractivity contribution in [3.8, 4) is 5.75 Å². The first kappa shape index (κ1) is 13.3. The molecule has 2 rings (SSSR count). The van der Waals surface area contributed by atoms with E-state index in [9.17, 15) is 4.79 Å². The summed E-state index contributed by atoms with van der Waals surface area (Å²) in [7, 11) is 3.20. The van der Waals surface area contributed by atoms with Crippen LogP contribution in [0.1, 0.15) is 10.5 Å². The first-order chi connectivity index (χ1) is 9.13. The second-order valence-corrected chi connectivity index (χ2v) is 4.15. The Labute approximate surface area is 115 Å². The van der Waals surface area contributed by atoms with Crippen LogP contribution in [0.5, 0.6) is 5.75 Å². The van der Waals surface area contributed by atoms with Gasteiger partial charge in [0.25, 0.3) is 5.91 Å². The van der Waals surface area contributed by atoms with Gasteiger partial charge in [-0.1, -0.05) is 23.7 Å². The summed E-state index contributed by atoms with van der Waals surface area (Å²) in [5.74, 6) is 0.328. The Balaban J connectivity index is 2.30. The molecule has 0 fully saturated rings. The predicted octanol–water partition coefficient (Wildman–Crippen LogP) is 2.42. The number of para-hydroxylation sites is 2. The summed E-state index contributed by atoms with van der Waals surface area (Å²) in [6.07, 6.45) is 2.68. The average molecular weight is 278 g/mol. The summed E-state index contributed by atoms with van der Waals surface area (Å²) < 4.78 is 5.22. The van der Waals surface area contributed by atoms with E-state index >= 15 is 0 Å². The van der Waals surface area contributed by atoms with Gasteiger partial charge in [-0.25, -0.2) is 9.97 Å². The van der Waals surface area contributed by atoms with E-state index in [1.165, 1.54) is 17.3 Å². The van der Waals surface area contributed by atoms with E-state index in [4.69, 9.17) is 16.3 Å². The van der Waals surface area contributed by atoms with Gasteiger partial charge >= 0.3 is 0 Å². The third-order valence-corrected chi connectivity index (χ3v) is 2.79. The Morgan fingerprint density at radius 3 is 2.63 bits per heavy atom. The zero-order valence-corrected chi connectivity index (χ0v) is 11.3.